The number of nitrogens with zero attached hydrogens (tertiary/aromatic N) is 1. The van der Waals surface area contributed by atoms with Gasteiger partial charge in [0.2, 0.25) is 0 Å². The number of imidazole rings is 1. The van der Waals surface area contributed by atoms with Crippen LogP contribution in [0.4, 0.5) is 5.69 Å². The Balaban J connectivity index is 1.96. The van der Waals surface area contributed by atoms with Crippen molar-refractivity contribution in [1.82, 2.24) is 9.97 Å². The lowest BCUT2D eigenvalue weighted by Crippen LogP contribution is -2.07. The number of fused-ring (bicyclic) bond motifs is 1. The molecule has 2 aromatic rings. The summed E-state index contributed by atoms with van der Waals surface area (Å²) in [6.45, 7) is 6.82. The van der Waals surface area contributed by atoms with Crippen molar-refractivity contribution < 1.29 is 0 Å². The fourth-order valence-corrected chi connectivity index (χ4v) is 2.80. The summed E-state index contributed by atoms with van der Waals surface area (Å²) >= 11 is 2.01. The predicted octanol–water partition coefficient (Wildman–Crippen LogP) is 3.47. The monoisotopic (exact) mass is 263 g/mol. The van der Waals surface area contributed by atoms with E-state index >= 15 is 0 Å². The summed E-state index contributed by atoms with van der Waals surface area (Å²) in [6.07, 6.45) is 0.982. The fourth-order valence-electron chi connectivity index (χ4n) is 1.73. The highest BCUT2D eigenvalue weighted by Crippen LogP contribution is 2.20. The lowest BCUT2D eigenvalue weighted by atomic mass is 10.2. The maximum Gasteiger partial charge on any atom is 0.108 e. The quantitative estimate of drug-likeness (QED) is 0.812. The number of hydrogen-bond acceptors (Lipinski definition) is 3. The Bertz CT molecular complexity index is 519. The van der Waals surface area contributed by atoms with E-state index in [1.54, 1.807) is 0 Å². The minimum Gasteiger partial charge on any atom is -0.399 e. The third-order valence-electron chi connectivity index (χ3n) is 3.21. The molecule has 98 valence electrons. The van der Waals surface area contributed by atoms with Crippen LogP contribution in [-0.2, 0) is 6.42 Å². The van der Waals surface area contributed by atoms with Gasteiger partial charge in [0.15, 0.2) is 0 Å². The third-order valence-corrected chi connectivity index (χ3v) is 4.72. The normalized spacial score (nSPS) is 13.3. The Hall–Kier alpha value is -1.16. The first kappa shape index (κ1) is 13.3. The molecule has 0 aliphatic heterocycles. The number of thioether (sulfide) groups is 1. The summed E-state index contributed by atoms with van der Waals surface area (Å²) in [5.41, 5.74) is 8.57. The van der Waals surface area contributed by atoms with Crippen LogP contribution in [0, 0.1) is 5.92 Å². The second kappa shape index (κ2) is 5.65. The van der Waals surface area contributed by atoms with Crippen molar-refractivity contribution in [1.29, 1.82) is 0 Å². The SMILES string of the molecule is CC(C)C(C)SCCc1nc2ccc(N)cc2[nH]1. The van der Waals surface area contributed by atoms with E-state index in [0.717, 1.165) is 40.6 Å². The van der Waals surface area contributed by atoms with Crippen LogP contribution >= 0.6 is 11.8 Å². The Morgan fingerprint density at radius 2 is 2.11 bits per heavy atom. The number of rotatable bonds is 5. The van der Waals surface area contributed by atoms with Gasteiger partial charge in [0.1, 0.15) is 5.82 Å². The lowest BCUT2D eigenvalue weighted by Gasteiger charge is -2.13. The molecule has 1 unspecified atom stereocenters. The smallest absolute Gasteiger partial charge is 0.108 e. The molecule has 2 rings (SSSR count). The van der Waals surface area contributed by atoms with E-state index < -0.39 is 0 Å². The third kappa shape index (κ3) is 3.19. The number of anilines is 1. The minimum atomic E-state index is 0.699. The number of nitrogens with one attached hydrogen (secondary N) is 1. The van der Waals surface area contributed by atoms with Crippen LogP contribution in [-0.4, -0.2) is 21.0 Å². The minimum absolute atomic E-state index is 0.699. The zero-order valence-corrected chi connectivity index (χ0v) is 12.1. The van der Waals surface area contributed by atoms with E-state index in [1.807, 2.05) is 30.0 Å². The van der Waals surface area contributed by atoms with Gasteiger partial charge in [-0.3, -0.25) is 0 Å². The standard InChI is InChI=1S/C14H21N3S/c1-9(2)10(3)18-7-6-14-16-12-5-4-11(15)8-13(12)17-14/h4-5,8-10H,6-7,15H2,1-3H3,(H,16,17). The number of aryl methyl sites for hydroxylation is 1. The number of nitrogen functional groups attached to an aromatic ring is 1. The second-order valence-corrected chi connectivity index (χ2v) is 6.52. The van der Waals surface area contributed by atoms with Gasteiger partial charge in [-0.2, -0.15) is 11.8 Å². The summed E-state index contributed by atoms with van der Waals surface area (Å²) < 4.78 is 0. The highest BCUT2D eigenvalue weighted by molar-refractivity contribution is 7.99. The molecular formula is C14H21N3S. The molecule has 4 heteroatoms. The molecule has 0 saturated heterocycles. The molecule has 3 N–H and O–H groups in total. The van der Waals surface area contributed by atoms with Crippen LogP contribution in [0.15, 0.2) is 18.2 Å². The van der Waals surface area contributed by atoms with Crippen molar-refractivity contribution in [2.24, 2.45) is 5.92 Å². The van der Waals surface area contributed by atoms with Gasteiger partial charge >= 0.3 is 0 Å². The molecule has 3 nitrogen and oxygen atoms in total. The van der Waals surface area contributed by atoms with Crippen LogP contribution in [0.5, 0.6) is 0 Å². The van der Waals surface area contributed by atoms with Crippen LogP contribution in [0.1, 0.15) is 26.6 Å². The molecular weight excluding hydrogens is 242 g/mol. The molecule has 0 saturated carbocycles. The first-order chi connectivity index (χ1) is 8.56. The van der Waals surface area contributed by atoms with E-state index in [4.69, 9.17) is 5.73 Å². The van der Waals surface area contributed by atoms with Gasteiger partial charge in [0.25, 0.3) is 0 Å². The summed E-state index contributed by atoms with van der Waals surface area (Å²) in [5, 5.41) is 0.699. The van der Waals surface area contributed by atoms with Crippen LogP contribution < -0.4 is 5.73 Å². The van der Waals surface area contributed by atoms with Crippen molar-refractivity contribution in [2.75, 3.05) is 11.5 Å². The van der Waals surface area contributed by atoms with Gasteiger partial charge < -0.3 is 10.7 Å². The van der Waals surface area contributed by atoms with Gasteiger partial charge in [0, 0.05) is 23.1 Å². The van der Waals surface area contributed by atoms with Crippen molar-refractivity contribution in [3.8, 4) is 0 Å². The number of H-pyrrole nitrogens is 1. The number of nitrogens with two attached hydrogens (primary N) is 1. The number of hydrogen-bond donors (Lipinski definition) is 2. The molecule has 18 heavy (non-hydrogen) atoms. The van der Waals surface area contributed by atoms with E-state index in [1.165, 1.54) is 0 Å². The largest absolute Gasteiger partial charge is 0.399 e. The molecule has 0 bridgehead atoms. The topological polar surface area (TPSA) is 54.7 Å². The molecule has 1 atom stereocenters. The summed E-state index contributed by atoms with van der Waals surface area (Å²) in [5.74, 6) is 2.89. The zero-order chi connectivity index (χ0) is 13.1. The Kier molecular flexibility index (Phi) is 4.17. The molecule has 0 amide bonds. The van der Waals surface area contributed by atoms with Gasteiger partial charge in [-0.05, 0) is 24.1 Å². The Labute approximate surface area is 113 Å². The summed E-state index contributed by atoms with van der Waals surface area (Å²) in [6, 6.07) is 5.80. The van der Waals surface area contributed by atoms with E-state index in [2.05, 4.69) is 30.7 Å². The molecule has 1 heterocycles. The first-order valence-corrected chi connectivity index (χ1v) is 7.47. The maximum absolute atomic E-state index is 5.75. The fraction of sp³-hybridized carbons (Fsp3) is 0.500. The average molecular weight is 263 g/mol. The first-order valence-electron chi connectivity index (χ1n) is 6.42. The predicted molar refractivity (Wildman–Crippen MR) is 81.0 cm³/mol. The van der Waals surface area contributed by atoms with Gasteiger partial charge in [-0.25, -0.2) is 4.98 Å². The van der Waals surface area contributed by atoms with Crippen molar-refractivity contribution in [2.45, 2.75) is 32.4 Å². The summed E-state index contributed by atoms with van der Waals surface area (Å²) in [4.78, 5) is 7.91. The van der Waals surface area contributed by atoms with E-state index in [-0.39, 0.29) is 0 Å². The lowest BCUT2D eigenvalue weighted by molar-refractivity contribution is 0.642. The second-order valence-electron chi connectivity index (χ2n) is 5.03. The molecule has 0 radical (unpaired) electrons. The molecule has 0 aliphatic rings. The van der Waals surface area contributed by atoms with E-state index in [9.17, 15) is 0 Å². The van der Waals surface area contributed by atoms with Crippen molar-refractivity contribution >= 4 is 28.5 Å². The van der Waals surface area contributed by atoms with Gasteiger partial charge in [-0.15, -0.1) is 0 Å². The molecule has 0 spiro atoms. The highest BCUT2D eigenvalue weighted by atomic mass is 32.2. The number of benzene rings is 1. The number of aromatic amines is 1. The molecule has 0 aliphatic carbocycles. The molecule has 0 fully saturated rings. The number of aromatic nitrogens is 2. The van der Waals surface area contributed by atoms with Crippen molar-refractivity contribution in [3.05, 3.63) is 24.0 Å². The van der Waals surface area contributed by atoms with Gasteiger partial charge in [0.05, 0.1) is 11.0 Å². The molecule has 1 aromatic heterocycles. The summed E-state index contributed by atoms with van der Waals surface area (Å²) in [7, 11) is 0. The van der Waals surface area contributed by atoms with Crippen LogP contribution in [0.25, 0.3) is 11.0 Å². The van der Waals surface area contributed by atoms with Gasteiger partial charge in [-0.1, -0.05) is 20.8 Å². The zero-order valence-electron chi connectivity index (χ0n) is 11.2. The van der Waals surface area contributed by atoms with Crippen LogP contribution in [0.3, 0.4) is 0 Å². The Morgan fingerprint density at radius 3 is 2.83 bits per heavy atom. The average Bonchev–Trinajstić information content (AvgIpc) is 2.70. The highest BCUT2D eigenvalue weighted by Gasteiger charge is 2.08. The Morgan fingerprint density at radius 1 is 1.33 bits per heavy atom. The van der Waals surface area contributed by atoms with Crippen LogP contribution in [0.2, 0.25) is 0 Å². The maximum atomic E-state index is 5.75. The van der Waals surface area contributed by atoms with E-state index in [0.29, 0.717) is 5.25 Å². The molecule has 1 aromatic carbocycles. The van der Waals surface area contributed by atoms with Crippen molar-refractivity contribution in [3.63, 3.8) is 0 Å².